The average molecular weight is 296 g/mol. The zero-order chi connectivity index (χ0) is 14.7. The van der Waals surface area contributed by atoms with Crippen molar-refractivity contribution in [2.45, 2.75) is 32.7 Å². The van der Waals surface area contributed by atoms with Crippen LogP contribution in [0.2, 0.25) is 0 Å². The fourth-order valence-electron chi connectivity index (χ4n) is 1.99. The largest absolute Gasteiger partial charge is 0.305 e. The maximum atomic E-state index is 13.4. The molecule has 0 aliphatic carbocycles. The number of hydrogen-bond donors (Lipinski definition) is 1. The molecule has 2 rings (SSSR count). The van der Waals surface area contributed by atoms with Gasteiger partial charge in [0, 0.05) is 11.4 Å². The Morgan fingerprint density at radius 3 is 2.35 bits per heavy atom. The Hall–Kier alpha value is -1.33. The lowest BCUT2D eigenvalue weighted by Gasteiger charge is -2.16. The van der Waals surface area contributed by atoms with Crippen LogP contribution in [0, 0.1) is 11.6 Å². The van der Waals surface area contributed by atoms with E-state index in [2.05, 4.69) is 24.1 Å². The second kappa shape index (κ2) is 6.41. The van der Waals surface area contributed by atoms with Gasteiger partial charge < -0.3 is 5.32 Å². The van der Waals surface area contributed by atoms with Crippen molar-refractivity contribution < 1.29 is 8.78 Å². The molecule has 108 valence electrons. The second-order valence-electron chi connectivity index (χ2n) is 4.96. The smallest absolute Gasteiger partial charge is 0.126 e. The molecule has 0 saturated heterocycles. The van der Waals surface area contributed by atoms with Crippen LogP contribution in [-0.4, -0.2) is 11.5 Å². The van der Waals surface area contributed by atoms with E-state index in [4.69, 9.17) is 0 Å². The van der Waals surface area contributed by atoms with Gasteiger partial charge in [0.25, 0.3) is 0 Å². The van der Waals surface area contributed by atoms with Gasteiger partial charge in [-0.15, -0.1) is 11.3 Å². The van der Waals surface area contributed by atoms with E-state index in [1.807, 2.05) is 12.3 Å². The summed E-state index contributed by atoms with van der Waals surface area (Å²) in [6.45, 7) is 6.80. The third-order valence-corrected chi connectivity index (χ3v) is 3.93. The third kappa shape index (κ3) is 3.41. The van der Waals surface area contributed by atoms with Gasteiger partial charge in [-0.25, -0.2) is 13.8 Å². The lowest BCUT2D eigenvalue weighted by atomic mass is 10.1. The first-order chi connectivity index (χ1) is 9.51. The number of nitrogens with one attached hydrogen (secondary N) is 1. The van der Waals surface area contributed by atoms with Crippen LogP contribution in [0.1, 0.15) is 49.0 Å². The highest BCUT2D eigenvalue weighted by Gasteiger charge is 2.19. The highest BCUT2D eigenvalue weighted by Crippen LogP contribution is 2.28. The maximum Gasteiger partial charge on any atom is 0.126 e. The topological polar surface area (TPSA) is 24.9 Å². The summed E-state index contributed by atoms with van der Waals surface area (Å²) in [6, 6.07) is 3.32. The van der Waals surface area contributed by atoms with Crippen molar-refractivity contribution in [1.82, 2.24) is 10.3 Å². The summed E-state index contributed by atoms with van der Waals surface area (Å²) < 4.78 is 26.8. The van der Waals surface area contributed by atoms with Gasteiger partial charge in [0.1, 0.15) is 16.6 Å². The molecule has 0 aliphatic heterocycles. The van der Waals surface area contributed by atoms with Crippen LogP contribution in [-0.2, 0) is 0 Å². The number of halogens is 2. The van der Waals surface area contributed by atoms with Crippen LogP contribution in [0.3, 0.4) is 0 Å². The molecule has 1 unspecified atom stereocenters. The Morgan fingerprint density at radius 1 is 1.20 bits per heavy atom. The minimum atomic E-state index is -0.566. The standard InChI is InChI=1S/C15H18F2N2S/c1-4-18-14(10-5-11(16)7-12(17)6-10)15-19-13(8-20-15)9(2)3/h5-9,14,18H,4H2,1-3H3. The first kappa shape index (κ1) is 15.1. The molecule has 0 spiro atoms. The van der Waals surface area contributed by atoms with Crippen LogP contribution in [0.5, 0.6) is 0 Å². The zero-order valence-corrected chi connectivity index (χ0v) is 12.6. The van der Waals surface area contributed by atoms with E-state index in [-0.39, 0.29) is 6.04 Å². The van der Waals surface area contributed by atoms with Crippen LogP contribution in [0.25, 0.3) is 0 Å². The predicted octanol–water partition coefficient (Wildman–Crippen LogP) is 4.24. The van der Waals surface area contributed by atoms with Crippen LogP contribution in [0.4, 0.5) is 8.78 Å². The highest BCUT2D eigenvalue weighted by molar-refractivity contribution is 7.09. The summed E-state index contributed by atoms with van der Waals surface area (Å²) in [4.78, 5) is 4.58. The van der Waals surface area contributed by atoms with Gasteiger partial charge in [0.15, 0.2) is 0 Å². The van der Waals surface area contributed by atoms with Gasteiger partial charge in [0.2, 0.25) is 0 Å². The van der Waals surface area contributed by atoms with Crippen molar-refractivity contribution in [3.05, 3.63) is 51.5 Å². The fourth-order valence-corrected chi connectivity index (χ4v) is 3.07. The predicted molar refractivity (Wildman–Crippen MR) is 78.1 cm³/mol. The van der Waals surface area contributed by atoms with Crippen LogP contribution < -0.4 is 5.32 Å². The molecule has 0 fully saturated rings. The quantitative estimate of drug-likeness (QED) is 0.892. The van der Waals surface area contributed by atoms with Crippen molar-refractivity contribution >= 4 is 11.3 Å². The Labute approximate surface area is 121 Å². The van der Waals surface area contributed by atoms with Crippen molar-refractivity contribution in [2.75, 3.05) is 6.54 Å². The molecule has 20 heavy (non-hydrogen) atoms. The summed E-state index contributed by atoms with van der Waals surface area (Å²) in [6.07, 6.45) is 0. The van der Waals surface area contributed by atoms with Gasteiger partial charge in [-0.3, -0.25) is 0 Å². The number of aromatic nitrogens is 1. The number of rotatable bonds is 5. The van der Waals surface area contributed by atoms with E-state index < -0.39 is 11.6 Å². The molecule has 1 atom stereocenters. The number of nitrogens with zero attached hydrogens (tertiary/aromatic N) is 1. The second-order valence-corrected chi connectivity index (χ2v) is 5.85. The van der Waals surface area contributed by atoms with Crippen molar-refractivity contribution in [3.63, 3.8) is 0 Å². The molecule has 0 aliphatic rings. The van der Waals surface area contributed by atoms with E-state index in [0.717, 1.165) is 16.8 Å². The molecular weight excluding hydrogens is 278 g/mol. The Morgan fingerprint density at radius 2 is 1.85 bits per heavy atom. The molecular formula is C15H18F2N2S. The van der Waals surface area contributed by atoms with Crippen LogP contribution in [0.15, 0.2) is 23.6 Å². The molecule has 5 heteroatoms. The lowest BCUT2D eigenvalue weighted by molar-refractivity contribution is 0.564. The van der Waals surface area contributed by atoms with E-state index in [1.54, 1.807) is 0 Å². The molecule has 0 amide bonds. The minimum absolute atomic E-state index is 0.275. The number of thiazole rings is 1. The summed E-state index contributed by atoms with van der Waals surface area (Å²) in [5.41, 5.74) is 1.57. The van der Waals surface area contributed by atoms with Gasteiger partial charge in [-0.05, 0) is 30.2 Å². The molecule has 1 N–H and O–H groups in total. The van der Waals surface area contributed by atoms with Crippen molar-refractivity contribution in [1.29, 1.82) is 0 Å². The number of benzene rings is 1. The van der Waals surface area contributed by atoms with Crippen molar-refractivity contribution in [3.8, 4) is 0 Å². The monoisotopic (exact) mass is 296 g/mol. The van der Waals surface area contributed by atoms with Gasteiger partial charge in [0.05, 0.1) is 11.7 Å². The molecule has 0 bridgehead atoms. The first-order valence-electron chi connectivity index (χ1n) is 6.66. The molecule has 1 aromatic carbocycles. The summed E-state index contributed by atoms with van der Waals surface area (Å²) in [7, 11) is 0. The van der Waals surface area contributed by atoms with E-state index in [9.17, 15) is 8.78 Å². The third-order valence-electron chi connectivity index (χ3n) is 3.00. The van der Waals surface area contributed by atoms with Gasteiger partial charge in [-0.2, -0.15) is 0 Å². The van der Waals surface area contributed by atoms with Crippen molar-refractivity contribution in [2.24, 2.45) is 0 Å². The molecule has 1 aromatic heterocycles. The van der Waals surface area contributed by atoms with E-state index in [1.165, 1.54) is 23.5 Å². The molecule has 0 radical (unpaired) electrons. The first-order valence-corrected chi connectivity index (χ1v) is 7.54. The zero-order valence-electron chi connectivity index (χ0n) is 11.8. The molecule has 1 heterocycles. The Bertz CT molecular complexity index is 561. The Kier molecular flexibility index (Phi) is 4.83. The van der Waals surface area contributed by atoms with Crippen LogP contribution >= 0.6 is 11.3 Å². The fraction of sp³-hybridized carbons (Fsp3) is 0.400. The normalized spacial score (nSPS) is 12.9. The average Bonchev–Trinajstić information content (AvgIpc) is 2.84. The summed E-state index contributed by atoms with van der Waals surface area (Å²) in [5, 5.41) is 6.07. The summed E-state index contributed by atoms with van der Waals surface area (Å²) >= 11 is 1.51. The van der Waals surface area contributed by atoms with E-state index in [0.29, 0.717) is 18.0 Å². The van der Waals surface area contributed by atoms with Gasteiger partial charge >= 0.3 is 0 Å². The molecule has 2 aromatic rings. The molecule has 0 saturated carbocycles. The maximum absolute atomic E-state index is 13.4. The number of hydrogen-bond acceptors (Lipinski definition) is 3. The summed E-state index contributed by atoms with van der Waals surface area (Å²) in [5.74, 6) is -0.793. The lowest BCUT2D eigenvalue weighted by Crippen LogP contribution is -2.22. The molecule has 2 nitrogen and oxygen atoms in total. The highest BCUT2D eigenvalue weighted by atomic mass is 32.1. The Balaban J connectivity index is 2.38. The minimum Gasteiger partial charge on any atom is -0.305 e. The van der Waals surface area contributed by atoms with Gasteiger partial charge in [-0.1, -0.05) is 20.8 Å². The SMILES string of the molecule is CCNC(c1cc(F)cc(F)c1)c1nc(C(C)C)cs1. The van der Waals surface area contributed by atoms with E-state index >= 15 is 0 Å².